The molecular weight excluding hydrogens is 252 g/mol. The number of carbonyl (C=O) groups is 1. The number of aromatic nitrogens is 1. The van der Waals surface area contributed by atoms with E-state index in [-0.39, 0.29) is 6.03 Å². The molecule has 0 unspecified atom stereocenters. The monoisotopic (exact) mass is 274 g/mol. The Kier molecular flexibility index (Phi) is 3.76. The molecule has 2 amide bonds. The van der Waals surface area contributed by atoms with Gasteiger partial charge in [-0.3, -0.25) is 0 Å². The molecule has 0 spiro atoms. The van der Waals surface area contributed by atoms with E-state index in [1.165, 1.54) is 0 Å². The number of piperidine rings is 1. The van der Waals surface area contributed by atoms with Crippen LogP contribution in [0.4, 0.5) is 10.6 Å². The third-order valence-corrected chi connectivity index (χ3v) is 3.93. The summed E-state index contributed by atoms with van der Waals surface area (Å²) < 4.78 is 0. The minimum atomic E-state index is 0.111. The lowest BCUT2D eigenvalue weighted by molar-refractivity contribution is 0.183. The van der Waals surface area contributed by atoms with Gasteiger partial charge < -0.3 is 15.5 Å². The number of rotatable bonds is 3. The van der Waals surface area contributed by atoms with Gasteiger partial charge >= 0.3 is 6.03 Å². The van der Waals surface area contributed by atoms with Gasteiger partial charge in [0.05, 0.1) is 0 Å². The van der Waals surface area contributed by atoms with Gasteiger partial charge in [-0.15, -0.1) is 0 Å². The smallest absolute Gasteiger partial charge is 0.317 e. The fourth-order valence-electron chi connectivity index (χ4n) is 2.55. The van der Waals surface area contributed by atoms with E-state index in [0.717, 1.165) is 50.3 Å². The van der Waals surface area contributed by atoms with Crippen molar-refractivity contribution in [2.75, 3.05) is 18.4 Å². The molecule has 108 valence electrons. The molecule has 1 aliphatic heterocycles. The van der Waals surface area contributed by atoms with Crippen molar-refractivity contribution >= 4 is 11.8 Å². The minimum absolute atomic E-state index is 0.111. The zero-order valence-corrected chi connectivity index (χ0v) is 11.9. The first kappa shape index (κ1) is 13.2. The first-order chi connectivity index (χ1) is 9.70. The van der Waals surface area contributed by atoms with E-state index < -0.39 is 0 Å². The molecule has 0 aromatic carbocycles. The molecule has 0 radical (unpaired) electrons. The van der Waals surface area contributed by atoms with E-state index in [9.17, 15) is 4.79 Å². The third kappa shape index (κ3) is 3.40. The summed E-state index contributed by atoms with van der Waals surface area (Å²) in [5.41, 5.74) is 1.02. The second-order valence-corrected chi connectivity index (χ2v) is 5.79. The highest BCUT2D eigenvalue weighted by atomic mass is 16.2. The predicted molar refractivity (Wildman–Crippen MR) is 78.7 cm³/mol. The Morgan fingerprint density at radius 1 is 1.20 bits per heavy atom. The predicted octanol–water partition coefficient (Wildman–Crippen LogP) is 2.14. The molecule has 2 N–H and O–H groups in total. The van der Waals surface area contributed by atoms with Crippen LogP contribution in [0.15, 0.2) is 18.2 Å². The van der Waals surface area contributed by atoms with Crippen LogP contribution in [-0.4, -0.2) is 41.1 Å². The lowest BCUT2D eigenvalue weighted by Crippen LogP contribution is -2.47. The van der Waals surface area contributed by atoms with E-state index in [1.54, 1.807) is 0 Å². The average Bonchev–Trinajstić information content (AvgIpc) is 3.23. The largest absolute Gasteiger partial charge is 0.367 e. The Morgan fingerprint density at radius 3 is 2.60 bits per heavy atom. The van der Waals surface area contributed by atoms with Crippen molar-refractivity contribution < 1.29 is 4.79 Å². The first-order valence-corrected chi connectivity index (χ1v) is 7.46. The number of hydrogen-bond acceptors (Lipinski definition) is 3. The summed E-state index contributed by atoms with van der Waals surface area (Å²) >= 11 is 0. The SMILES string of the molecule is Cc1cccc(NC2CCN(C(=O)NC3CC3)CC2)n1. The fourth-order valence-corrected chi connectivity index (χ4v) is 2.55. The number of hydrogen-bond donors (Lipinski definition) is 2. The Labute approximate surface area is 119 Å². The second kappa shape index (κ2) is 5.69. The Morgan fingerprint density at radius 2 is 1.95 bits per heavy atom. The van der Waals surface area contributed by atoms with Crippen molar-refractivity contribution in [1.29, 1.82) is 0 Å². The van der Waals surface area contributed by atoms with Crippen LogP contribution in [0.3, 0.4) is 0 Å². The first-order valence-electron chi connectivity index (χ1n) is 7.46. The molecule has 1 saturated carbocycles. The average molecular weight is 274 g/mol. The molecule has 5 heteroatoms. The van der Waals surface area contributed by atoms with E-state index >= 15 is 0 Å². The normalized spacial score (nSPS) is 19.8. The van der Waals surface area contributed by atoms with Gasteiger partial charge in [0.2, 0.25) is 0 Å². The summed E-state index contributed by atoms with van der Waals surface area (Å²) in [6.07, 6.45) is 4.24. The van der Waals surface area contributed by atoms with E-state index in [2.05, 4.69) is 15.6 Å². The van der Waals surface area contributed by atoms with Crippen LogP contribution < -0.4 is 10.6 Å². The zero-order chi connectivity index (χ0) is 13.9. The van der Waals surface area contributed by atoms with Gasteiger partial charge in [-0.2, -0.15) is 0 Å². The van der Waals surface area contributed by atoms with E-state index in [4.69, 9.17) is 0 Å². The lowest BCUT2D eigenvalue weighted by atomic mass is 10.1. The van der Waals surface area contributed by atoms with Crippen molar-refractivity contribution in [3.63, 3.8) is 0 Å². The number of nitrogens with zero attached hydrogens (tertiary/aromatic N) is 2. The van der Waals surface area contributed by atoms with E-state index in [1.807, 2.05) is 30.0 Å². The molecule has 5 nitrogen and oxygen atoms in total. The topological polar surface area (TPSA) is 57.3 Å². The second-order valence-electron chi connectivity index (χ2n) is 5.79. The lowest BCUT2D eigenvalue weighted by Gasteiger charge is -2.32. The van der Waals surface area contributed by atoms with Crippen molar-refractivity contribution in [2.45, 2.75) is 44.7 Å². The van der Waals surface area contributed by atoms with Gasteiger partial charge in [0.1, 0.15) is 5.82 Å². The highest BCUT2D eigenvalue weighted by molar-refractivity contribution is 5.75. The molecule has 20 heavy (non-hydrogen) atoms. The van der Waals surface area contributed by atoms with Crippen LogP contribution in [-0.2, 0) is 0 Å². The van der Waals surface area contributed by atoms with Crippen LogP contribution >= 0.6 is 0 Å². The maximum Gasteiger partial charge on any atom is 0.317 e. The summed E-state index contributed by atoms with van der Waals surface area (Å²) in [7, 11) is 0. The Hall–Kier alpha value is -1.78. The molecule has 1 saturated heterocycles. The van der Waals surface area contributed by atoms with Crippen LogP contribution in [0.5, 0.6) is 0 Å². The number of likely N-dealkylation sites (tertiary alicyclic amines) is 1. The van der Waals surface area contributed by atoms with Crippen LogP contribution in [0.25, 0.3) is 0 Å². The summed E-state index contributed by atoms with van der Waals surface area (Å²) in [5, 5.41) is 6.51. The maximum atomic E-state index is 11.9. The highest BCUT2D eigenvalue weighted by Gasteiger charge is 2.28. The van der Waals surface area contributed by atoms with Gasteiger partial charge in [-0.1, -0.05) is 6.07 Å². The molecule has 0 bridgehead atoms. The van der Waals surface area contributed by atoms with Crippen molar-refractivity contribution in [3.05, 3.63) is 23.9 Å². The standard InChI is InChI=1S/C15H22N4O/c1-11-3-2-4-14(16-11)17-13-7-9-19(10-8-13)15(20)18-12-5-6-12/h2-4,12-13H,5-10H2,1H3,(H,16,17)(H,18,20). The minimum Gasteiger partial charge on any atom is -0.367 e. The zero-order valence-electron chi connectivity index (χ0n) is 11.9. The molecule has 0 atom stereocenters. The quantitative estimate of drug-likeness (QED) is 0.888. The number of nitrogens with one attached hydrogen (secondary N) is 2. The van der Waals surface area contributed by atoms with Gasteiger partial charge in [-0.05, 0) is 44.7 Å². The van der Waals surface area contributed by atoms with Crippen molar-refractivity contribution in [1.82, 2.24) is 15.2 Å². The van der Waals surface area contributed by atoms with Gasteiger partial charge in [0.15, 0.2) is 0 Å². The van der Waals surface area contributed by atoms with Gasteiger partial charge in [0, 0.05) is 30.9 Å². The molecule has 2 fully saturated rings. The van der Waals surface area contributed by atoms with Gasteiger partial charge in [-0.25, -0.2) is 9.78 Å². The summed E-state index contributed by atoms with van der Waals surface area (Å²) in [6.45, 7) is 3.64. The van der Waals surface area contributed by atoms with Crippen LogP contribution in [0.2, 0.25) is 0 Å². The maximum absolute atomic E-state index is 11.9. The molecular formula is C15H22N4O. The summed E-state index contributed by atoms with van der Waals surface area (Å²) in [6, 6.07) is 6.97. The molecule has 2 heterocycles. The van der Waals surface area contributed by atoms with Crippen molar-refractivity contribution in [2.24, 2.45) is 0 Å². The summed E-state index contributed by atoms with van der Waals surface area (Å²) in [4.78, 5) is 18.3. The number of anilines is 1. The fraction of sp³-hybridized carbons (Fsp3) is 0.600. The highest BCUT2D eigenvalue weighted by Crippen LogP contribution is 2.20. The molecule has 1 aromatic heterocycles. The number of pyridine rings is 1. The number of urea groups is 1. The van der Waals surface area contributed by atoms with E-state index in [0.29, 0.717) is 12.1 Å². The van der Waals surface area contributed by atoms with Crippen molar-refractivity contribution in [3.8, 4) is 0 Å². The number of amides is 2. The van der Waals surface area contributed by atoms with Gasteiger partial charge in [0.25, 0.3) is 0 Å². The van der Waals surface area contributed by atoms with Crippen LogP contribution in [0.1, 0.15) is 31.4 Å². The molecule has 2 aliphatic rings. The number of carbonyl (C=O) groups excluding carboxylic acids is 1. The Bertz CT molecular complexity index is 479. The molecule has 1 aliphatic carbocycles. The number of aryl methyl sites for hydroxylation is 1. The molecule has 1 aromatic rings. The Balaban J connectivity index is 1.47. The summed E-state index contributed by atoms with van der Waals surface area (Å²) in [5.74, 6) is 0.936. The molecule has 3 rings (SSSR count). The third-order valence-electron chi connectivity index (χ3n) is 3.93. The van der Waals surface area contributed by atoms with Crippen LogP contribution in [0, 0.1) is 6.92 Å².